The van der Waals surface area contributed by atoms with Crippen molar-refractivity contribution in [1.82, 2.24) is 4.98 Å². The van der Waals surface area contributed by atoms with Gasteiger partial charge in [0, 0.05) is 16.7 Å². The molecule has 0 aliphatic carbocycles. The molecule has 1 aromatic heterocycles. The number of hydrogen-bond acceptors (Lipinski definition) is 3. The van der Waals surface area contributed by atoms with Crippen molar-refractivity contribution in [3.63, 3.8) is 0 Å². The summed E-state index contributed by atoms with van der Waals surface area (Å²) in [6.07, 6.45) is 1.15. The minimum Gasteiger partial charge on any atom is -0.358 e. The quantitative estimate of drug-likeness (QED) is 0.127. The summed E-state index contributed by atoms with van der Waals surface area (Å²) in [5.41, 5.74) is 0.129. The Hall–Kier alpha value is -0.110. The molecule has 0 atom stereocenters. The molecule has 0 aliphatic rings. The minimum absolute atomic E-state index is 0.0490. The first-order valence-electron chi connectivity index (χ1n) is 7.58. The number of nitrogens with zero attached hydrogens (tertiary/aromatic N) is 2. The lowest BCUT2D eigenvalue weighted by Crippen LogP contribution is -1.99. The van der Waals surface area contributed by atoms with Crippen LogP contribution in [0, 0.1) is 10.1 Å². The third-order valence-corrected chi connectivity index (χ3v) is 8.57. The van der Waals surface area contributed by atoms with Crippen LogP contribution < -0.4 is 0 Å². The molecule has 3 rings (SSSR count). The van der Waals surface area contributed by atoms with Gasteiger partial charge in [-0.05, 0) is 16.0 Å². The molecule has 3 aromatic rings. The van der Waals surface area contributed by atoms with Gasteiger partial charge in [-0.25, -0.2) is 0 Å². The predicted molar refractivity (Wildman–Crippen MR) is 132 cm³/mol. The second-order valence-corrected chi connectivity index (χ2v) is 9.52. The van der Waals surface area contributed by atoms with Gasteiger partial charge in [0.1, 0.15) is 6.20 Å². The molecule has 0 fully saturated rings. The molecular weight excluding hydrogens is 619 g/mol. The summed E-state index contributed by atoms with van der Waals surface area (Å²) in [7, 11) is 0. The van der Waals surface area contributed by atoms with Gasteiger partial charge in [0.25, 0.3) is 0 Å². The number of benzene rings is 2. The Labute approximate surface area is 224 Å². The fraction of sp³-hybridized carbons (Fsp3) is 0. The van der Waals surface area contributed by atoms with Crippen LogP contribution in [0.5, 0.6) is 0 Å². The molecule has 0 spiro atoms. The highest BCUT2D eigenvalue weighted by molar-refractivity contribution is 6.57. The van der Waals surface area contributed by atoms with E-state index in [-0.39, 0.29) is 72.5 Å². The van der Waals surface area contributed by atoms with Crippen molar-refractivity contribution < 1.29 is 4.92 Å². The Balaban J connectivity index is 2.45. The van der Waals surface area contributed by atoms with E-state index < -0.39 is 10.7 Å². The van der Waals surface area contributed by atoms with E-state index >= 15 is 0 Å². The normalized spacial score (nSPS) is 11.2. The molecule has 162 valence electrons. The highest BCUT2D eigenvalue weighted by Crippen LogP contribution is 2.52. The molecular formula is C17H2Cl10N2O2. The molecule has 0 radical (unpaired) electrons. The van der Waals surface area contributed by atoms with Crippen molar-refractivity contribution in [2.24, 2.45) is 0 Å². The molecule has 14 heteroatoms. The predicted octanol–water partition coefficient (Wildman–Crippen LogP) is 10.9. The molecule has 0 saturated carbocycles. The first kappa shape index (κ1) is 25.5. The Morgan fingerprint density at radius 2 is 0.968 bits per heavy atom. The van der Waals surface area contributed by atoms with Crippen molar-refractivity contribution in [2.75, 3.05) is 0 Å². The van der Waals surface area contributed by atoms with Crippen LogP contribution in [0.3, 0.4) is 0 Å². The molecule has 0 bridgehead atoms. The van der Waals surface area contributed by atoms with E-state index in [4.69, 9.17) is 116 Å². The lowest BCUT2D eigenvalue weighted by atomic mass is 10.0. The SMILES string of the molecule is O=[N+]([O-])c1ncc(-c2c(Cl)c(Cl)c(Cl)c(Cl)c2Cl)cc1-c1c(Cl)c(Cl)c(Cl)c(Cl)c1Cl. The van der Waals surface area contributed by atoms with Gasteiger partial charge >= 0.3 is 5.82 Å². The van der Waals surface area contributed by atoms with E-state index in [2.05, 4.69) is 4.98 Å². The van der Waals surface area contributed by atoms with E-state index in [1.807, 2.05) is 0 Å². The minimum atomic E-state index is -0.743. The monoisotopic (exact) mass is 616 g/mol. The highest BCUT2D eigenvalue weighted by atomic mass is 35.5. The van der Waals surface area contributed by atoms with Gasteiger partial charge in [-0.15, -0.1) is 0 Å². The maximum absolute atomic E-state index is 11.6. The first-order valence-corrected chi connectivity index (χ1v) is 11.4. The Bertz CT molecular complexity index is 1220. The topological polar surface area (TPSA) is 56.0 Å². The van der Waals surface area contributed by atoms with E-state index in [9.17, 15) is 10.1 Å². The third-order valence-electron chi connectivity index (χ3n) is 4.02. The molecule has 1 heterocycles. The standard InChI is InChI=1S/C17H2Cl10N2O2/c18-7-5(8(19)12(23)15(26)11(7)22)3-1-4(17(28-2-3)29(30)31)6-9(20)13(24)16(27)14(25)10(6)21/h1-2H. The van der Waals surface area contributed by atoms with Gasteiger partial charge in [0.2, 0.25) is 0 Å². The van der Waals surface area contributed by atoms with Crippen LogP contribution in [0.4, 0.5) is 5.82 Å². The van der Waals surface area contributed by atoms with Gasteiger partial charge in [0.15, 0.2) is 0 Å². The fourth-order valence-electron chi connectivity index (χ4n) is 2.62. The molecule has 0 amide bonds. The molecule has 4 nitrogen and oxygen atoms in total. The van der Waals surface area contributed by atoms with E-state index in [1.54, 1.807) is 0 Å². The summed E-state index contributed by atoms with van der Waals surface area (Å²) >= 11 is 61.7. The molecule has 0 aliphatic heterocycles. The van der Waals surface area contributed by atoms with Crippen LogP contribution in [-0.2, 0) is 0 Å². The van der Waals surface area contributed by atoms with Gasteiger partial charge in [0.05, 0.1) is 55.8 Å². The molecule has 0 saturated heterocycles. The number of aromatic nitrogens is 1. The van der Waals surface area contributed by atoms with E-state index in [1.165, 1.54) is 6.07 Å². The zero-order chi connectivity index (χ0) is 23.4. The largest absolute Gasteiger partial charge is 0.371 e. The summed E-state index contributed by atoms with van der Waals surface area (Å²) in [5.74, 6) is -0.597. The zero-order valence-electron chi connectivity index (χ0n) is 14.1. The van der Waals surface area contributed by atoms with Gasteiger partial charge in [-0.3, -0.25) is 0 Å². The van der Waals surface area contributed by atoms with Crippen molar-refractivity contribution in [3.05, 3.63) is 72.6 Å². The van der Waals surface area contributed by atoms with Crippen molar-refractivity contribution in [3.8, 4) is 22.3 Å². The summed E-state index contributed by atoms with van der Waals surface area (Å²) < 4.78 is 0. The number of hydrogen-bond donors (Lipinski definition) is 0. The lowest BCUT2D eigenvalue weighted by molar-refractivity contribution is -0.388. The smallest absolute Gasteiger partial charge is 0.358 e. The van der Waals surface area contributed by atoms with E-state index in [0.29, 0.717) is 0 Å². The summed E-state index contributed by atoms with van der Waals surface area (Å²) in [6.45, 7) is 0. The summed E-state index contributed by atoms with van der Waals surface area (Å²) in [6, 6.07) is 1.31. The maximum Gasteiger partial charge on any atom is 0.371 e. The first-order chi connectivity index (χ1) is 14.4. The van der Waals surface area contributed by atoms with Crippen molar-refractivity contribution >= 4 is 122 Å². The average molecular weight is 621 g/mol. The number of nitro groups is 1. The van der Waals surface area contributed by atoms with Crippen molar-refractivity contribution in [1.29, 1.82) is 0 Å². The molecule has 2 aromatic carbocycles. The van der Waals surface area contributed by atoms with Crippen molar-refractivity contribution in [2.45, 2.75) is 0 Å². The number of rotatable bonds is 3. The van der Waals surface area contributed by atoms with Gasteiger partial charge in [-0.1, -0.05) is 116 Å². The van der Waals surface area contributed by atoms with Crippen LogP contribution >= 0.6 is 116 Å². The Morgan fingerprint density at radius 1 is 0.613 bits per heavy atom. The van der Waals surface area contributed by atoms with Gasteiger partial charge < -0.3 is 10.1 Å². The summed E-state index contributed by atoms with van der Waals surface area (Å²) in [5, 5.41) is 10.6. The highest BCUT2D eigenvalue weighted by Gasteiger charge is 2.29. The van der Waals surface area contributed by atoms with Crippen LogP contribution in [-0.4, -0.2) is 9.91 Å². The van der Waals surface area contributed by atoms with Crippen LogP contribution in [0.1, 0.15) is 0 Å². The Morgan fingerprint density at radius 3 is 1.35 bits per heavy atom. The fourth-order valence-corrected chi connectivity index (χ4v) is 5.32. The molecule has 0 unspecified atom stereocenters. The maximum atomic E-state index is 11.6. The van der Waals surface area contributed by atoms with Crippen LogP contribution in [0.2, 0.25) is 50.2 Å². The Kier molecular flexibility index (Phi) is 7.93. The van der Waals surface area contributed by atoms with Crippen LogP contribution in [0.15, 0.2) is 12.3 Å². The summed E-state index contributed by atoms with van der Waals surface area (Å²) in [4.78, 5) is 14.8. The van der Waals surface area contributed by atoms with Crippen LogP contribution in [0.25, 0.3) is 22.3 Å². The molecule has 31 heavy (non-hydrogen) atoms. The van der Waals surface area contributed by atoms with Gasteiger partial charge in [-0.2, -0.15) is 0 Å². The zero-order valence-corrected chi connectivity index (χ0v) is 21.7. The third kappa shape index (κ3) is 4.38. The lowest BCUT2D eigenvalue weighted by Gasteiger charge is -2.15. The molecule has 0 N–H and O–H groups in total. The number of halogens is 10. The second kappa shape index (κ2) is 9.63. The number of pyridine rings is 1. The average Bonchev–Trinajstić information content (AvgIpc) is 2.73. The second-order valence-electron chi connectivity index (χ2n) is 5.74. The van der Waals surface area contributed by atoms with E-state index in [0.717, 1.165) is 6.20 Å².